The SMILES string of the molecule is C[C@H](Cn1c(=O)oc2ccccc21)NC(=O)c1cnccn1. The molecule has 1 aromatic carbocycles. The van der Waals surface area contributed by atoms with E-state index in [0.29, 0.717) is 17.6 Å². The summed E-state index contributed by atoms with van der Waals surface area (Å²) in [6.07, 6.45) is 4.34. The molecule has 0 spiro atoms. The first-order chi connectivity index (χ1) is 10.6. The number of rotatable bonds is 4. The lowest BCUT2D eigenvalue weighted by atomic mass is 10.3. The van der Waals surface area contributed by atoms with Crippen LogP contribution in [-0.2, 0) is 6.54 Å². The topological polar surface area (TPSA) is 90.0 Å². The molecule has 112 valence electrons. The minimum atomic E-state index is -0.443. The van der Waals surface area contributed by atoms with Crippen LogP contribution in [0.4, 0.5) is 0 Å². The molecular weight excluding hydrogens is 284 g/mol. The summed E-state index contributed by atoms with van der Waals surface area (Å²) in [6.45, 7) is 2.12. The van der Waals surface area contributed by atoms with Crippen LogP contribution in [0.2, 0.25) is 0 Å². The van der Waals surface area contributed by atoms with Gasteiger partial charge in [0.15, 0.2) is 5.58 Å². The predicted octanol–water partition coefficient (Wildman–Crippen LogP) is 1.20. The molecule has 2 aromatic heterocycles. The highest BCUT2D eigenvalue weighted by atomic mass is 16.4. The Morgan fingerprint density at radius 2 is 2.18 bits per heavy atom. The molecule has 3 rings (SSSR count). The molecule has 22 heavy (non-hydrogen) atoms. The van der Waals surface area contributed by atoms with E-state index in [4.69, 9.17) is 4.42 Å². The van der Waals surface area contributed by atoms with Crippen molar-refractivity contribution in [1.82, 2.24) is 19.9 Å². The number of nitrogens with zero attached hydrogens (tertiary/aromatic N) is 3. The average Bonchev–Trinajstić information content (AvgIpc) is 2.84. The van der Waals surface area contributed by atoms with Gasteiger partial charge in [-0.05, 0) is 19.1 Å². The second kappa shape index (κ2) is 5.80. The third kappa shape index (κ3) is 2.73. The largest absolute Gasteiger partial charge is 0.420 e. The van der Waals surface area contributed by atoms with Crippen LogP contribution in [0.3, 0.4) is 0 Å². The molecule has 0 radical (unpaired) electrons. The summed E-state index contributed by atoms with van der Waals surface area (Å²) in [6, 6.07) is 6.90. The second-order valence-corrected chi connectivity index (χ2v) is 4.91. The summed E-state index contributed by atoms with van der Waals surface area (Å²) in [5.74, 6) is -0.775. The fraction of sp³-hybridized carbons (Fsp3) is 0.200. The van der Waals surface area contributed by atoms with Crippen LogP contribution >= 0.6 is 0 Å². The highest BCUT2D eigenvalue weighted by Crippen LogP contribution is 2.12. The van der Waals surface area contributed by atoms with Crippen molar-refractivity contribution in [3.63, 3.8) is 0 Å². The van der Waals surface area contributed by atoms with Gasteiger partial charge >= 0.3 is 5.76 Å². The Morgan fingerprint density at radius 1 is 1.36 bits per heavy atom. The van der Waals surface area contributed by atoms with Crippen LogP contribution in [-0.4, -0.2) is 26.5 Å². The first-order valence-electron chi connectivity index (χ1n) is 6.80. The van der Waals surface area contributed by atoms with Crippen molar-refractivity contribution in [2.75, 3.05) is 0 Å². The maximum absolute atomic E-state index is 12.0. The third-order valence-electron chi connectivity index (χ3n) is 3.20. The molecule has 1 amide bonds. The van der Waals surface area contributed by atoms with E-state index in [2.05, 4.69) is 15.3 Å². The molecule has 0 saturated carbocycles. The Balaban J connectivity index is 1.76. The Labute approximate surface area is 125 Å². The molecule has 2 heterocycles. The number of oxazole rings is 1. The monoisotopic (exact) mass is 298 g/mol. The van der Waals surface area contributed by atoms with Gasteiger partial charge < -0.3 is 9.73 Å². The van der Waals surface area contributed by atoms with Crippen LogP contribution in [0.1, 0.15) is 17.4 Å². The quantitative estimate of drug-likeness (QED) is 0.781. The summed E-state index contributed by atoms with van der Waals surface area (Å²) >= 11 is 0. The number of aromatic nitrogens is 3. The summed E-state index contributed by atoms with van der Waals surface area (Å²) < 4.78 is 6.66. The van der Waals surface area contributed by atoms with Crippen molar-refractivity contribution < 1.29 is 9.21 Å². The van der Waals surface area contributed by atoms with E-state index in [-0.39, 0.29) is 17.6 Å². The van der Waals surface area contributed by atoms with Gasteiger partial charge in [-0.2, -0.15) is 0 Å². The minimum Gasteiger partial charge on any atom is -0.408 e. The smallest absolute Gasteiger partial charge is 0.408 e. The van der Waals surface area contributed by atoms with E-state index < -0.39 is 5.76 Å². The molecule has 0 aliphatic carbocycles. The molecule has 1 N–H and O–H groups in total. The van der Waals surface area contributed by atoms with Crippen LogP contribution < -0.4 is 11.1 Å². The first-order valence-corrected chi connectivity index (χ1v) is 6.80. The van der Waals surface area contributed by atoms with E-state index in [0.717, 1.165) is 0 Å². The van der Waals surface area contributed by atoms with E-state index >= 15 is 0 Å². The van der Waals surface area contributed by atoms with Crippen molar-refractivity contribution in [3.05, 3.63) is 59.1 Å². The molecule has 0 unspecified atom stereocenters. The molecule has 0 aliphatic heterocycles. The van der Waals surface area contributed by atoms with Crippen molar-refractivity contribution in [2.45, 2.75) is 19.5 Å². The predicted molar refractivity (Wildman–Crippen MR) is 79.4 cm³/mol. The molecule has 0 bridgehead atoms. The molecule has 3 aromatic rings. The van der Waals surface area contributed by atoms with Gasteiger partial charge in [-0.25, -0.2) is 9.78 Å². The highest BCUT2D eigenvalue weighted by molar-refractivity contribution is 5.92. The van der Waals surface area contributed by atoms with Crippen molar-refractivity contribution >= 4 is 17.0 Å². The van der Waals surface area contributed by atoms with Crippen molar-refractivity contribution in [3.8, 4) is 0 Å². The lowest BCUT2D eigenvalue weighted by molar-refractivity contribution is 0.0931. The molecule has 1 atom stereocenters. The Kier molecular flexibility index (Phi) is 3.69. The molecule has 7 heteroatoms. The number of hydrogen-bond donors (Lipinski definition) is 1. The number of fused-ring (bicyclic) bond motifs is 1. The molecule has 7 nitrogen and oxygen atoms in total. The maximum Gasteiger partial charge on any atom is 0.420 e. The molecule has 0 fully saturated rings. The summed E-state index contributed by atoms with van der Waals surface area (Å²) in [5.41, 5.74) is 1.46. The number of hydrogen-bond acceptors (Lipinski definition) is 5. The lowest BCUT2D eigenvalue weighted by Gasteiger charge is -2.13. The Morgan fingerprint density at radius 3 is 2.95 bits per heavy atom. The van der Waals surface area contributed by atoms with Crippen molar-refractivity contribution in [2.24, 2.45) is 0 Å². The zero-order chi connectivity index (χ0) is 15.5. The first kappa shape index (κ1) is 14.0. The number of amides is 1. The number of carbonyl (C=O) groups is 1. The highest BCUT2D eigenvalue weighted by Gasteiger charge is 2.15. The van der Waals surface area contributed by atoms with Crippen LogP contribution in [0, 0.1) is 0 Å². The van der Waals surface area contributed by atoms with E-state index in [1.54, 1.807) is 18.2 Å². The molecular formula is C15H14N4O3. The van der Waals surface area contributed by atoms with Gasteiger partial charge in [0, 0.05) is 25.0 Å². The summed E-state index contributed by atoms with van der Waals surface area (Å²) in [4.78, 5) is 31.7. The lowest BCUT2D eigenvalue weighted by Crippen LogP contribution is -2.37. The zero-order valence-corrected chi connectivity index (χ0v) is 11.9. The standard InChI is InChI=1S/C15H14N4O3/c1-10(18-14(20)11-8-16-6-7-17-11)9-19-12-4-2-3-5-13(12)22-15(19)21/h2-8,10H,9H2,1H3,(H,18,20)/t10-/m1/s1. The number of para-hydroxylation sites is 2. The van der Waals surface area contributed by atoms with Crippen LogP contribution in [0.5, 0.6) is 0 Å². The van der Waals surface area contributed by atoms with Gasteiger partial charge in [-0.3, -0.25) is 14.3 Å². The van der Waals surface area contributed by atoms with E-state index in [1.165, 1.54) is 23.2 Å². The number of carbonyl (C=O) groups excluding carboxylic acids is 1. The Bertz CT molecular complexity index is 854. The summed E-state index contributed by atoms with van der Waals surface area (Å²) in [7, 11) is 0. The van der Waals surface area contributed by atoms with Gasteiger partial charge in [0.2, 0.25) is 0 Å². The van der Waals surface area contributed by atoms with Gasteiger partial charge in [0.1, 0.15) is 5.69 Å². The molecule has 0 saturated heterocycles. The van der Waals surface area contributed by atoms with Crippen molar-refractivity contribution in [1.29, 1.82) is 0 Å². The molecule has 0 aliphatic rings. The zero-order valence-electron chi connectivity index (χ0n) is 11.9. The van der Waals surface area contributed by atoms with Gasteiger partial charge in [0.25, 0.3) is 5.91 Å². The normalized spacial score (nSPS) is 12.2. The fourth-order valence-electron chi connectivity index (χ4n) is 2.22. The third-order valence-corrected chi connectivity index (χ3v) is 3.20. The number of benzene rings is 1. The number of nitrogens with one attached hydrogen (secondary N) is 1. The average molecular weight is 298 g/mol. The van der Waals surface area contributed by atoms with Gasteiger partial charge in [-0.15, -0.1) is 0 Å². The fourth-order valence-corrected chi connectivity index (χ4v) is 2.22. The van der Waals surface area contributed by atoms with Crippen LogP contribution in [0.25, 0.3) is 11.1 Å². The van der Waals surface area contributed by atoms with Crippen LogP contribution in [0.15, 0.2) is 52.1 Å². The minimum absolute atomic E-state index is 0.235. The summed E-state index contributed by atoms with van der Waals surface area (Å²) in [5, 5.41) is 2.78. The van der Waals surface area contributed by atoms with Gasteiger partial charge in [0.05, 0.1) is 11.7 Å². The van der Waals surface area contributed by atoms with E-state index in [9.17, 15) is 9.59 Å². The van der Waals surface area contributed by atoms with E-state index in [1.807, 2.05) is 13.0 Å². The Hall–Kier alpha value is -2.96. The maximum atomic E-state index is 12.0. The second-order valence-electron chi connectivity index (χ2n) is 4.91. The van der Waals surface area contributed by atoms with Gasteiger partial charge in [-0.1, -0.05) is 12.1 Å².